The first kappa shape index (κ1) is 13.6. The van der Waals surface area contributed by atoms with Crippen LogP contribution in [-0.2, 0) is 0 Å². The van der Waals surface area contributed by atoms with Crippen molar-refractivity contribution >= 4 is 11.4 Å². The summed E-state index contributed by atoms with van der Waals surface area (Å²) in [5, 5.41) is 23.8. The molecule has 2 atom stereocenters. The predicted molar refractivity (Wildman–Crippen MR) is 71.5 cm³/mol. The molecule has 104 valence electrons. The Morgan fingerprint density at radius 2 is 2.32 bits per heavy atom. The summed E-state index contributed by atoms with van der Waals surface area (Å²) in [6.07, 6.45) is 2.46. The summed E-state index contributed by atoms with van der Waals surface area (Å²) < 4.78 is 5.07. The number of benzene rings is 1. The third-order valence-corrected chi connectivity index (χ3v) is 3.57. The van der Waals surface area contributed by atoms with Gasteiger partial charge in [0.1, 0.15) is 11.4 Å². The molecular weight excluding hydrogens is 248 g/mol. The Balaban J connectivity index is 2.10. The van der Waals surface area contributed by atoms with E-state index in [0.717, 1.165) is 19.3 Å². The van der Waals surface area contributed by atoms with Crippen LogP contribution in [0.15, 0.2) is 18.2 Å². The number of methoxy groups -OCH3 is 1. The van der Waals surface area contributed by atoms with Gasteiger partial charge < -0.3 is 15.2 Å². The average Bonchev–Trinajstić information content (AvgIpc) is 2.81. The van der Waals surface area contributed by atoms with Crippen LogP contribution in [0.25, 0.3) is 0 Å². The molecule has 1 aliphatic rings. The monoisotopic (exact) mass is 266 g/mol. The second kappa shape index (κ2) is 5.88. The molecule has 2 unspecified atom stereocenters. The van der Waals surface area contributed by atoms with Gasteiger partial charge in [0.2, 0.25) is 0 Å². The average molecular weight is 266 g/mol. The van der Waals surface area contributed by atoms with Crippen molar-refractivity contribution in [2.45, 2.75) is 25.4 Å². The second-order valence-electron chi connectivity index (χ2n) is 4.78. The Morgan fingerprint density at radius 1 is 1.53 bits per heavy atom. The van der Waals surface area contributed by atoms with Crippen molar-refractivity contribution in [2.75, 3.05) is 19.0 Å². The lowest BCUT2D eigenvalue weighted by atomic mass is 10.1. The van der Waals surface area contributed by atoms with E-state index in [1.54, 1.807) is 12.1 Å². The molecule has 0 aliphatic heterocycles. The van der Waals surface area contributed by atoms with Crippen LogP contribution in [0.1, 0.15) is 19.3 Å². The van der Waals surface area contributed by atoms with Crippen molar-refractivity contribution in [1.29, 1.82) is 0 Å². The van der Waals surface area contributed by atoms with Crippen molar-refractivity contribution in [1.82, 2.24) is 0 Å². The standard InChI is InChI=1S/C13H18N2O4/c1-19-10-5-6-12(15(17)18)11(7-10)14-8-9-3-2-4-13(9)16/h5-7,9,13-14,16H,2-4,8H2,1H3. The number of nitro groups is 1. The van der Waals surface area contributed by atoms with Crippen molar-refractivity contribution in [3.8, 4) is 5.75 Å². The number of hydrogen-bond acceptors (Lipinski definition) is 5. The highest BCUT2D eigenvalue weighted by Gasteiger charge is 2.25. The molecule has 1 saturated carbocycles. The Bertz CT molecular complexity index is 464. The first-order valence-electron chi connectivity index (χ1n) is 6.36. The summed E-state index contributed by atoms with van der Waals surface area (Å²) in [6.45, 7) is 0.537. The molecular formula is C13H18N2O4. The highest BCUT2D eigenvalue weighted by atomic mass is 16.6. The van der Waals surface area contributed by atoms with Crippen molar-refractivity contribution in [3.63, 3.8) is 0 Å². The molecule has 0 radical (unpaired) electrons. The molecule has 1 aromatic carbocycles. The minimum atomic E-state index is -0.424. The van der Waals surface area contributed by atoms with Crippen LogP contribution in [-0.4, -0.2) is 29.8 Å². The Morgan fingerprint density at radius 3 is 2.89 bits per heavy atom. The van der Waals surface area contributed by atoms with Crippen LogP contribution < -0.4 is 10.1 Å². The second-order valence-corrected chi connectivity index (χ2v) is 4.78. The van der Waals surface area contributed by atoms with Crippen LogP contribution >= 0.6 is 0 Å². The molecule has 0 amide bonds. The molecule has 0 spiro atoms. The number of rotatable bonds is 5. The van der Waals surface area contributed by atoms with Crippen molar-refractivity contribution < 1.29 is 14.8 Å². The number of nitrogens with zero attached hydrogens (tertiary/aromatic N) is 1. The summed E-state index contributed by atoms with van der Waals surface area (Å²) in [5.41, 5.74) is 0.455. The van der Waals surface area contributed by atoms with E-state index >= 15 is 0 Å². The zero-order valence-electron chi connectivity index (χ0n) is 10.8. The van der Waals surface area contributed by atoms with Crippen LogP contribution in [0.5, 0.6) is 5.75 Å². The number of nitro benzene ring substituents is 1. The van der Waals surface area contributed by atoms with Gasteiger partial charge in [-0.1, -0.05) is 6.42 Å². The van der Waals surface area contributed by atoms with E-state index in [1.165, 1.54) is 13.2 Å². The number of anilines is 1. The van der Waals surface area contributed by atoms with Crippen molar-refractivity contribution in [2.24, 2.45) is 5.92 Å². The summed E-state index contributed by atoms with van der Waals surface area (Å²) in [7, 11) is 1.52. The number of aliphatic hydroxyl groups excluding tert-OH is 1. The fourth-order valence-corrected chi connectivity index (χ4v) is 2.44. The number of ether oxygens (including phenoxy) is 1. The molecule has 2 N–H and O–H groups in total. The van der Waals surface area contributed by atoms with Gasteiger partial charge in [-0.15, -0.1) is 0 Å². The van der Waals surface area contributed by atoms with E-state index in [2.05, 4.69) is 5.32 Å². The summed E-state index contributed by atoms with van der Waals surface area (Å²) in [5.74, 6) is 0.728. The normalized spacial score (nSPS) is 22.2. The van der Waals surface area contributed by atoms with E-state index in [-0.39, 0.29) is 17.7 Å². The van der Waals surface area contributed by atoms with E-state index in [1.807, 2.05) is 0 Å². The lowest BCUT2D eigenvalue weighted by molar-refractivity contribution is -0.384. The lowest BCUT2D eigenvalue weighted by Crippen LogP contribution is -2.22. The molecule has 1 aromatic rings. The highest BCUT2D eigenvalue weighted by molar-refractivity contribution is 5.64. The molecule has 1 fully saturated rings. The highest BCUT2D eigenvalue weighted by Crippen LogP contribution is 2.31. The third-order valence-electron chi connectivity index (χ3n) is 3.57. The number of hydrogen-bond donors (Lipinski definition) is 2. The van der Waals surface area contributed by atoms with Gasteiger partial charge in [0.05, 0.1) is 18.1 Å². The zero-order chi connectivity index (χ0) is 13.8. The minimum absolute atomic E-state index is 0.0216. The van der Waals surface area contributed by atoms with Gasteiger partial charge in [-0.3, -0.25) is 10.1 Å². The molecule has 6 heteroatoms. The SMILES string of the molecule is COc1ccc([N+](=O)[O-])c(NCC2CCCC2O)c1. The Hall–Kier alpha value is -1.82. The quantitative estimate of drug-likeness (QED) is 0.630. The molecule has 0 heterocycles. The lowest BCUT2D eigenvalue weighted by Gasteiger charge is -2.16. The van der Waals surface area contributed by atoms with Gasteiger partial charge in [-0.2, -0.15) is 0 Å². The maximum absolute atomic E-state index is 11.0. The minimum Gasteiger partial charge on any atom is -0.497 e. The molecule has 0 saturated heterocycles. The predicted octanol–water partition coefficient (Wildman–Crippen LogP) is 2.18. The Labute approximate surface area is 111 Å². The fourth-order valence-electron chi connectivity index (χ4n) is 2.44. The van der Waals surface area contributed by atoms with Crippen molar-refractivity contribution in [3.05, 3.63) is 28.3 Å². The topological polar surface area (TPSA) is 84.6 Å². The molecule has 6 nitrogen and oxygen atoms in total. The smallest absolute Gasteiger partial charge is 0.292 e. The van der Waals surface area contributed by atoms with Crippen LogP contribution in [0.3, 0.4) is 0 Å². The summed E-state index contributed by atoms with van der Waals surface area (Å²) in [6, 6.07) is 4.60. The third kappa shape index (κ3) is 3.14. The van der Waals surface area contributed by atoms with Gasteiger partial charge >= 0.3 is 0 Å². The van der Waals surface area contributed by atoms with Gasteiger partial charge in [0, 0.05) is 24.6 Å². The largest absolute Gasteiger partial charge is 0.497 e. The summed E-state index contributed by atoms with van der Waals surface area (Å²) in [4.78, 5) is 10.5. The maximum atomic E-state index is 11.0. The maximum Gasteiger partial charge on any atom is 0.292 e. The van der Waals surface area contributed by atoms with Crippen LogP contribution in [0.4, 0.5) is 11.4 Å². The number of nitrogens with one attached hydrogen (secondary N) is 1. The van der Waals surface area contributed by atoms with E-state index in [4.69, 9.17) is 4.74 Å². The van der Waals surface area contributed by atoms with Crippen LogP contribution in [0, 0.1) is 16.0 Å². The Kier molecular flexibility index (Phi) is 4.21. The van der Waals surface area contributed by atoms with E-state index < -0.39 is 4.92 Å². The zero-order valence-corrected chi connectivity index (χ0v) is 10.8. The van der Waals surface area contributed by atoms with Gasteiger partial charge in [0.15, 0.2) is 0 Å². The summed E-state index contributed by atoms with van der Waals surface area (Å²) >= 11 is 0. The van der Waals surface area contributed by atoms with E-state index in [0.29, 0.717) is 18.0 Å². The van der Waals surface area contributed by atoms with Gasteiger partial charge in [-0.05, 0) is 18.9 Å². The molecule has 19 heavy (non-hydrogen) atoms. The molecule has 0 aromatic heterocycles. The van der Waals surface area contributed by atoms with Gasteiger partial charge in [-0.25, -0.2) is 0 Å². The molecule has 0 bridgehead atoms. The first-order valence-corrected chi connectivity index (χ1v) is 6.36. The first-order chi connectivity index (χ1) is 9.11. The number of aliphatic hydroxyl groups is 1. The van der Waals surface area contributed by atoms with E-state index in [9.17, 15) is 15.2 Å². The van der Waals surface area contributed by atoms with Gasteiger partial charge in [0.25, 0.3) is 5.69 Å². The molecule has 2 rings (SSSR count). The van der Waals surface area contributed by atoms with Crippen LogP contribution in [0.2, 0.25) is 0 Å². The molecule has 1 aliphatic carbocycles. The fraction of sp³-hybridized carbons (Fsp3) is 0.538.